The fourth-order valence-electron chi connectivity index (χ4n) is 8.03. The van der Waals surface area contributed by atoms with E-state index >= 15 is 0 Å². The van der Waals surface area contributed by atoms with Crippen LogP contribution in [0.1, 0.15) is 38.9 Å². The van der Waals surface area contributed by atoms with Crippen LogP contribution in [0.25, 0.3) is 0 Å². The second-order valence-electron chi connectivity index (χ2n) is 15.5. The quantitative estimate of drug-likeness (QED) is 0.0928. The summed E-state index contributed by atoms with van der Waals surface area (Å²) >= 11 is 0. The van der Waals surface area contributed by atoms with Crippen LogP contribution in [0.15, 0.2) is 36.4 Å². The molecule has 6 nitrogen and oxygen atoms in total. The number of aryl methyl sites for hydroxylation is 3. The van der Waals surface area contributed by atoms with Gasteiger partial charge in [0.2, 0.25) is 0 Å². The average Bonchev–Trinajstić information content (AvgIpc) is 3.20. The molecule has 4 rings (SSSR count). The molecule has 0 heterocycles. The van der Waals surface area contributed by atoms with Gasteiger partial charge < -0.3 is 66.6 Å². The molecule has 0 aromatic heterocycles. The van der Waals surface area contributed by atoms with Crippen LogP contribution in [0, 0.1) is 48.5 Å². The molecule has 0 unspecified atom stereocenters. The van der Waals surface area contributed by atoms with E-state index < -0.39 is 8.07 Å². The van der Waals surface area contributed by atoms with Crippen molar-refractivity contribution in [2.45, 2.75) is 48.5 Å². The van der Waals surface area contributed by atoms with Crippen molar-refractivity contribution in [2.75, 3.05) is 114 Å². The summed E-state index contributed by atoms with van der Waals surface area (Å²) in [4.78, 5) is 13.6. The molecule has 0 saturated heterocycles. The molecular weight excluding hydrogens is 771 g/mol. The van der Waals surface area contributed by atoms with E-state index in [1.54, 1.807) is 0 Å². The van der Waals surface area contributed by atoms with E-state index in [1.165, 1.54) is 93.8 Å². The standard InChI is InChI=1S/C42H63N6Si.3ClH.Ti/c1-26-20-33(43(8)9)36(46(14)15)23-39(26)49(42-31(6)29(4)30(5)32(42)7,40-24-37(47(16)17)34(44(10)11)21-27(40)2)41-25-38(48(18)19)35(45(12)13)22-28(41)3;;;;/h20-25H,1-19H3;3*1H;/q-1;;;;+4/p-3. The Morgan fingerprint density at radius 3 is 0.811 bits per heavy atom. The maximum atomic E-state index is 2.55. The van der Waals surface area contributed by atoms with Crippen molar-refractivity contribution in [1.29, 1.82) is 0 Å². The number of nitrogens with zero attached hydrogens (tertiary/aromatic N) is 6. The minimum atomic E-state index is -3.07. The Morgan fingerprint density at radius 2 is 0.623 bits per heavy atom. The second-order valence-corrected chi connectivity index (χ2v) is 19.1. The molecule has 290 valence electrons. The zero-order chi connectivity index (χ0) is 37.0. The number of anilines is 6. The van der Waals surface area contributed by atoms with E-state index in [1.807, 2.05) is 0 Å². The number of hydrogen-bond donors (Lipinski definition) is 0. The molecule has 0 spiro atoms. The number of benzene rings is 3. The first-order valence-corrected chi connectivity index (χ1v) is 19.4. The van der Waals surface area contributed by atoms with Gasteiger partial charge in [0.25, 0.3) is 0 Å². The summed E-state index contributed by atoms with van der Waals surface area (Å²) in [6.07, 6.45) is 0. The molecule has 4 aromatic carbocycles. The molecule has 53 heavy (non-hydrogen) atoms. The van der Waals surface area contributed by atoms with Gasteiger partial charge in [-0.3, -0.25) is 0 Å². The molecule has 0 fully saturated rings. The van der Waals surface area contributed by atoms with Crippen LogP contribution in [0.5, 0.6) is 0 Å². The van der Waals surface area contributed by atoms with Crippen LogP contribution in [0.3, 0.4) is 0 Å². The van der Waals surface area contributed by atoms with Gasteiger partial charge in [-0.25, -0.2) is 0 Å². The zero-order valence-electron chi connectivity index (χ0n) is 35.8. The number of hydrogen-bond acceptors (Lipinski definition) is 6. The third-order valence-electron chi connectivity index (χ3n) is 10.9. The van der Waals surface area contributed by atoms with E-state index in [-0.39, 0.29) is 58.9 Å². The van der Waals surface area contributed by atoms with E-state index in [0.717, 1.165) is 0 Å². The van der Waals surface area contributed by atoms with Crippen LogP contribution >= 0.6 is 0 Å². The molecule has 0 amide bonds. The minimum absolute atomic E-state index is 0. The number of halogens is 3. The Balaban J connectivity index is 0.00000676. The average molecular weight is 834 g/mol. The summed E-state index contributed by atoms with van der Waals surface area (Å²) in [7, 11) is 23.0. The minimum Gasteiger partial charge on any atom is -1.00 e. The van der Waals surface area contributed by atoms with Gasteiger partial charge in [0, 0.05) is 84.6 Å². The van der Waals surface area contributed by atoms with E-state index in [4.69, 9.17) is 0 Å². The summed E-state index contributed by atoms with van der Waals surface area (Å²) in [5.74, 6) is 0. The largest absolute Gasteiger partial charge is 4.00 e. The maximum absolute atomic E-state index is 3.07. The molecule has 0 aliphatic carbocycles. The van der Waals surface area contributed by atoms with Crippen molar-refractivity contribution in [3.05, 3.63) is 75.3 Å². The smallest absolute Gasteiger partial charge is 1.00 e. The van der Waals surface area contributed by atoms with Crippen LogP contribution in [0.4, 0.5) is 34.1 Å². The molecular formula is C42H63Cl3N6SiTi. The summed E-state index contributed by atoms with van der Waals surface area (Å²) in [5.41, 5.74) is 17.1. The van der Waals surface area contributed by atoms with E-state index in [2.05, 4.69) is 199 Å². The first-order chi connectivity index (χ1) is 22.7. The maximum Gasteiger partial charge on any atom is 4.00 e. The van der Waals surface area contributed by atoms with Crippen molar-refractivity contribution < 1.29 is 58.9 Å². The Hall–Kier alpha value is -2.39. The van der Waals surface area contributed by atoms with Crippen LogP contribution < -0.4 is 87.4 Å². The van der Waals surface area contributed by atoms with Crippen molar-refractivity contribution >= 4 is 62.9 Å². The molecule has 4 aromatic rings. The van der Waals surface area contributed by atoms with E-state index in [9.17, 15) is 0 Å². The Bertz CT molecular complexity index is 1690. The van der Waals surface area contributed by atoms with Gasteiger partial charge in [-0.05, 0) is 89.4 Å². The molecule has 0 aliphatic rings. The van der Waals surface area contributed by atoms with Gasteiger partial charge in [0.15, 0.2) is 8.07 Å². The Morgan fingerprint density at radius 1 is 0.396 bits per heavy atom. The third kappa shape index (κ3) is 8.71. The molecule has 0 aliphatic heterocycles. The Kier molecular flexibility index (Phi) is 18.1. The zero-order valence-corrected chi connectivity index (χ0v) is 40.6. The van der Waals surface area contributed by atoms with Crippen molar-refractivity contribution in [1.82, 2.24) is 0 Å². The summed E-state index contributed by atoms with van der Waals surface area (Å²) in [6, 6.07) is 15.0. The summed E-state index contributed by atoms with van der Waals surface area (Å²) in [6.45, 7) is 16.5. The molecule has 11 heteroatoms. The molecule has 0 atom stereocenters. The van der Waals surface area contributed by atoms with Gasteiger partial charge >= 0.3 is 21.7 Å². The molecule has 0 radical (unpaired) electrons. The first-order valence-electron chi connectivity index (χ1n) is 17.4. The summed E-state index contributed by atoms with van der Waals surface area (Å²) < 4.78 is 0. The fraction of sp³-hybridized carbons (Fsp3) is 0.452. The third-order valence-corrected chi connectivity index (χ3v) is 16.4. The predicted octanol–water partition coefficient (Wildman–Crippen LogP) is -3.65. The van der Waals surface area contributed by atoms with Gasteiger partial charge in [-0.2, -0.15) is 27.4 Å². The fourth-order valence-corrected chi connectivity index (χ4v) is 14.3. The Labute approximate surface area is 357 Å². The van der Waals surface area contributed by atoms with Gasteiger partial charge in [0.1, 0.15) is 0 Å². The first kappa shape index (κ1) is 50.6. The summed E-state index contributed by atoms with van der Waals surface area (Å²) in [5, 5.41) is 5.89. The van der Waals surface area contributed by atoms with Crippen molar-refractivity contribution in [2.24, 2.45) is 0 Å². The molecule has 0 bridgehead atoms. The molecule has 0 N–H and O–H groups in total. The van der Waals surface area contributed by atoms with Gasteiger partial charge in [0.05, 0.1) is 34.1 Å². The predicted molar refractivity (Wildman–Crippen MR) is 225 cm³/mol. The van der Waals surface area contributed by atoms with Crippen LogP contribution in [-0.4, -0.2) is 92.6 Å². The van der Waals surface area contributed by atoms with E-state index in [0.29, 0.717) is 0 Å². The second kappa shape index (κ2) is 19.0. The van der Waals surface area contributed by atoms with Gasteiger partial charge in [-0.1, -0.05) is 27.7 Å². The SMILES string of the molecule is Cc1cc(N(C)C)c(N(C)C)cc1[Si](c1cc(N(C)C)c(N(C)C)cc1C)(c1cc(N(C)C)c(N(C)C)cc1C)c1c(C)c(C)c(C)[c-]1C.[Cl-].[Cl-].[Cl-].[Ti+4]. The van der Waals surface area contributed by atoms with Gasteiger partial charge in [-0.15, -0.1) is 0 Å². The normalized spacial score (nSPS) is 10.7. The monoisotopic (exact) mass is 832 g/mol. The van der Waals surface area contributed by atoms with Crippen LogP contribution in [0.2, 0.25) is 0 Å². The topological polar surface area (TPSA) is 19.4 Å². The van der Waals surface area contributed by atoms with Crippen molar-refractivity contribution in [3.8, 4) is 0 Å². The molecule has 0 saturated carbocycles. The van der Waals surface area contributed by atoms with Crippen molar-refractivity contribution in [3.63, 3.8) is 0 Å². The number of rotatable bonds is 10. The van der Waals surface area contributed by atoms with Crippen LogP contribution in [-0.2, 0) is 21.7 Å².